The first kappa shape index (κ1) is 20.2. The van der Waals surface area contributed by atoms with Gasteiger partial charge in [0.25, 0.3) is 0 Å². The van der Waals surface area contributed by atoms with Crippen LogP contribution in [-0.4, -0.2) is 63.8 Å². The van der Waals surface area contributed by atoms with Crippen molar-refractivity contribution in [2.45, 2.75) is 18.6 Å². The van der Waals surface area contributed by atoms with Gasteiger partial charge in [0.2, 0.25) is 15.9 Å². The first-order chi connectivity index (χ1) is 11.8. The number of carbonyl (C=O) groups is 1. The number of amides is 1. The largest absolute Gasteiger partial charge is 0.355 e. The van der Waals surface area contributed by atoms with E-state index in [1.54, 1.807) is 24.3 Å². The van der Waals surface area contributed by atoms with Gasteiger partial charge in [-0.3, -0.25) is 4.79 Å². The van der Waals surface area contributed by atoms with Crippen molar-refractivity contribution in [2.24, 2.45) is 5.92 Å². The van der Waals surface area contributed by atoms with Gasteiger partial charge in [0.1, 0.15) is 0 Å². The van der Waals surface area contributed by atoms with E-state index < -0.39 is 10.0 Å². The van der Waals surface area contributed by atoms with Crippen LogP contribution in [0.25, 0.3) is 0 Å². The van der Waals surface area contributed by atoms with Crippen LogP contribution < -0.4 is 5.32 Å². The second kappa shape index (κ2) is 8.98. The molecule has 0 aromatic heterocycles. The highest BCUT2D eigenvalue weighted by Gasteiger charge is 2.32. The van der Waals surface area contributed by atoms with Crippen LogP contribution in [0.4, 0.5) is 0 Å². The van der Waals surface area contributed by atoms with E-state index in [2.05, 4.69) is 5.32 Å². The zero-order valence-electron chi connectivity index (χ0n) is 14.7. The number of sulfonamides is 1. The third-order valence-corrected chi connectivity index (χ3v) is 6.30. The summed E-state index contributed by atoms with van der Waals surface area (Å²) in [5, 5.41) is 3.41. The minimum atomic E-state index is -3.47. The molecule has 1 amide bonds. The Balaban J connectivity index is 1.96. The van der Waals surface area contributed by atoms with Crippen molar-refractivity contribution in [3.05, 3.63) is 34.9 Å². The van der Waals surface area contributed by atoms with Crippen LogP contribution >= 0.6 is 11.6 Å². The maximum atomic E-state index is 12.7. The Morgan fingerprint density at radius 1 is 1.40 bits per heavy atom. The average Bonchev–Trinajstić information content (AvgIpc) is 2.54. The molecular weight excluding hydrogens is 362 g/mol. The number of halogens is 1. The van der Waals surface area contributed by atoms with Gasteiger partial charge in [0.15, 0.2) is 0 Å². The highest BCUT2D eigenvalue weighted by atomic mass is 35.5. The van der Waals surface area contributed by atoms with Crippen molar-refractivity contribution >= 4 is 27.5 Å². The molecule has 1 aliphatic rings. The average molecular weight is 388 g/mol. The Morgan fingerprint density at radius 3 is 2.84 bits per heavy atom. The molecule has 1 heterocycles. The molecule has 0 aliphatic carbocycles. The van der Waals surface area contributed by atoms with Crippen molar-refractivity contribution in [3.8, 4) is 0 Å². The molecular formula is C17H26ClN3O3S. The lowest BCUT2D eigenvalue weighted by molar-refractivity contribution is -0.126. The van der Waals surface area contributed by atoms with Crippen LogP contribution in [0.15, 0.2) is 24.3 Å². The highest BCUT2D eigenvalue weighted by Crippen LogP contribution is 2.22. The fourth-order valence-corrected chi connectivity index (χ4v) is 4.70. The normalized spacial score (nSPS) is 19.1. The van der Waals surface area contributed by atoms with Gasteiger partial charge < -0.3 is 10.2 Å². The molecule has 1 saturated heterocycles. The zero-order valence-corrected chi connectivity index (χ0v) is 16.3. The Kier molecular flexibility index (Phi) is 7.25. The van der Waals surface area contributed by atoms with Gasteiger partial charge in [-0.15, -0.1) is 0 Å². The number of likely N-dealkylation sites (N-methyl/N-ethyl adjacent to an activating group) is 1. The van der Waals surface area contributed by atoms with Gasteiger partial charge in [-0.25, -0.2) is 12.7 Å². The van der Waals surface area contributed by atoms with E-state index in [-0.39, 0.29) is 24.1 Å². The lowest BCUT2D eigenvalue weighted by Crippen LogP contribution is -2.46. The Bertz CT molecular complexity index is 694. The van der Waals surface area contributed by atoms with E-state index in [0.717, 1.165) is 13.0 Å². The Labute approximate surface area is 155 Å². The van der Waals surface area contributed by atoms with E-state index >= 15 is 0 Å². The van der Waals surface area contributed by atoms with E-state index in [0.29, 0.717) is 30.1 Å². The summed E-state index contributed by atoms with van der Waals surface area (Å²) in [4.78, 5) is 14.3. The van der Waals surface area contributed by atoms with Crippen LogP contribution in [0.1, 0.15) is 18.4 Å². The number of benzene rings is 1. The predicted octanol–water partition coefficient (Wildman–Crippen LogP) is 1.56. The van der Waals surface area contributed by atoms with Crippen LogP contribution in [0.3, 0.4) is 0 Å². The first-order valence-electron chi connectivity index (χ1n) is 8.42. The molecule has 1 aromatic rings. The van der Waals surface area contributed by atoms with Gasteiger partial charge in [-0.05, 0) is 44.6 Å². The summed E-state index contributed by atoms with van der Waals surface area (Å²) >= 11 is 5.93. The van der Waals surface area contributed by atoms with E-state index in [9.17, 15) is 13.2 Å². The monoisotopic (exact) mass is 387 g/mol. The number of rotatable bonds is 7. The molecule has 1 aliphatic heterocycles. The topological polar surface area (TPSA) is 69.7 Å². The second-order valence-corrected chi connectivity index (χ2v) is 9.08. The predicted molar refractivity (Wildman–Crippen MR) is 99.9 cm³/mol. The van der Waals surface area contributed by atoms with Crippen molar-refractivity contribution in [2.75, 3.05) is 40.3 Å². The molecule has 0 radical (unpaired) electrons. The van der Waals surface area contributed by atoms with Gasteiger partial charge in [-0.2, -0.15) is 0 Å². The molecule has 1 fully saturated rings. The Hall–Kier alpha value is -1.15. The third-order valence-electron chi connectivity index (χ3n) is 4.24. The number of nitrogens with zero attached hydrogens (tertiary/aromatic N) is 2. The number of nitrogens with one attached hydrogen (secondary N) is 1. The molecule has 8 heteroatoms. The molecule has 0 saturated carbocycles. The lowest BCUT2D eigenvalue weighted by atomic mass is 9.99. The fraction of sp³-hybridized carbons (Fsp3) is 0.588. The van der Waals surface area contributed by atoms with Gasteiger partial charge >= 0.3 is 0 Å². The minimum absolute atomic E-state index is 0.0653. The van der Waals surface area contributed by atoms with Crippen LogP contribution in [-0.2, 0) is 20.6 Å². The zero-order chi connectivity index (χ0) is 18.4. The van der Waals surface area contributed by atoms with Crippen molar-refractivity contribution in [1.29, 1.82) is 0 Å². The summed E-state index contributed by atoms with van der Waals surface area (Å²) in [5.74, 6) is -0.447. The van der Waals surface area contributed by atoms with Gasteiger partial charge in [-0.1, -0.05) is 23.7 Å². The number of piperidine rings is 1. The van der Waals surface area contributed by atoms with Crippen LogP contribution in [0, 0.1) is 5.92 Å². The number of hydrogen-bond donors (Lipinski definition) is 1. The van der Waals surface area contributed by atoms with E-state index in [4.69, 9.17) is 11.6 Å². The highest BCUT2D eigenvalue weighted by molar-refractivity contribution is 7.88. The van der Waals surface area contributed by atoms with Crippen molar-refractivity contribution < 1.29 is 13.2 Å². The SMILES string of the molecule is CN(C)CCNC(=O)C1CCCN(S(=O)(=O)Cc2cccc(Cl)c2)C1. The molecule has 1 atom stereocenters. The maximum absolute atomic E-state index is 12.7. The smallest absolute Gasteiger partial charge is 0.224 e. The van der Waals surface area contributed by atoms with E-state index in [1.165, 1.54) is 4.31 Å². The quantitative estimate of drug-likeness (QED) is 0.770. The summed E-state index contributed by atoms with van der Waals surface area (Å²) in [6, 6.07) is 6.87. The standard InChI is InChI=1S/C17H26ClN3O3S/c1-20(2)10-8-19-17(22)15-6-4-9-21(12-15)25(23,24)13-14-5-3-7-16(18)11-14/h3,5,7,11,15H,4,6,8-10,12-13H2,1-2H3,(H,19,22). The molecule has 0 spiro atoms. The second-order valence-electron chi connectivity index (χ2n) is 6.68. The van der Waals surface area contributed by atoms with Gasteiger partial charge in [0, 0.05) is 31.2 Å². The molecule has 1 aromatic carbocycles. The summed E-state index contributed by atoms with van der Waals surface area (Å²) in [6.07, 6.45) is 1.41. The van der Waals surface area contributed by atoms with Crippen molar-refractivity contribution in [3.63, 3.8) is 0 Å². The molecule has 140 valence electrons. The van der Waals surface area contributed by atoms with Crippen molar-refractivity contribution in [1.82, 2.24) is 14.5 Å². The van der Waals surface area contributed by atoms with Crippen LogP contribution in [0.2, 0.25) is 5.02 Å². The number of carbonyl (C=O) groups excluding carboxylic acids is 1. The molecule has 6 nitrogen and oxygen atoms in total. The summed E-state index contributed by atoms with van der Waals surface area (Å²) < 4.78 is 26.8. The minimum Gasteiger partial charge on any atom is -0.355 e. The molecule has 1 unspecified atom stereocenters. The maximum Gasteiger partial charge on any atom is 0.224 e. The summed E-state index contributed by atoms with van der Waals surface area (Å²) in [6.45, 7) is 2.04. The lowest BCUT2D eigenvalue weighted by Gasteiger charge is -2.31. The molecule has 25 heavy (non-hydrogen) atoms. The van der Waals surface area contributed by atoms with Crippen LogP contribution in [0.5, 0.6) is 0 Å². The molecule has 0 bridgehead atoms. The molecule has 2 rings (SSSR count). The first-order valence-corrected chi connectivity index (χ1v) is 10.4. The Morgan fingerprint density at radius 2 is 2.16 bits per heavy atom. The third kappa shape index (κ3) is 6.26. The summed E-state index contributed by atoms with van der Waals surface area (Å²) in [5.41, 5.74) is 0.657. The van der Waals surface area contributed by atoms with Gasteiger partial charge in [0.05, 0.1) is 11.7 Å². The fourth-order valence-electron chi connectivity index (χ4n) is 2.88. The molecule has 1 N–H and O–H groups in total. The number of hydrogen-bond acceptors (Lipinski definition) is 4. The summed E-state index contributed by atoms with van der Waals surface area (Å²) in [7, 11) is 0.416. The van der Waals surface area contributed by atoms with E-state index in [1.807, 2.05) is 19.0 Å².